The van der Waals surface area contributed by atoms with Crippen molar-refractivity contribution >= 4 is 11.7 Å². The summed E-state index contributed by atoms with van der Waals surface area (Å²) in [6.07, 6.45) is 14.4. The Morgan fingerprint density at radius 3 is 2.69 bits per heavy atom. The van der Waals surface area contributed by atoms with Crippen LogP contribution in [0.2, 0.25) is 0 Å². The van der Waals surface area contributed by atoms with E-state index in [-0.39, 0.29) is 24.9 Å². The normalized spacial score (nSPS) is 45.2. The zero-order valence-electron chi connectivity index (χ0n) is 26.5. The fraction of sp³-hybridized carbons (Fsp3) is 0.706. The molecule has 0 amide bonds. The van der Waals surface area contributed by atoms with Gasteiger partial charge in [0.2, 0.25) is 0 Å². The van der Waals surface area contributed by atoms with Crippen LogP contribution in [0.1, 0.15) is 79.6 Å². The highest BCUT2D eigenvalue weighted by Gasteiger charge is 2.59. The summed E-state index contributed by atoms with van der Waals surface area (Å²) in [4.78, 5) is 14.1. The third kappa shape index (κ3) is 6.19. The Labute approximate surface area is 251 Å². The summed E-state index contributed by atoms with van der Waals surface area (Å²) in [7, 11) is 3.68. The van der Waals surface area contributed by atoms with E-state index < -0.39 is 29.4 Å². The van der Waals surface area contributed by atoms with Gasteiger partial charge in [-0.1, -0.05) is 56.7 Å². The fourth-order valence-electron chi connectivity index (χ4n) is 7.44. The molecule has 2 bridgehead atoms. The van der Waals surface area contributed by atoms with Gasteiger partial charge in [0.05, 0.1) is 24.5 Å². The second-order valence-electron chi connectivity index (χ2n) is 13.5. The number of hydrazone groups is 1. The molecule has 4 aliphatic heterocycles. The van der Waals surface area contributed by atoms with E-state index in [1.54, 1.807) is 5.01 Å². The molecule has 5 aliphatic rings. The molecule has 8 heteroatoms. The van der Waals surface area contributed by atoms with Gasteiger partial charge in [-0.25, -0.2) is 0 Å². The molecule has 0 aromatic rings. The van der Waals surface area contributed by atoms with Gasteiger partial charge in [-0.15, -0.1) is 0 Å². The summed E-state index contributed by atoms with van der Waals surface area (Å²) in [5, 5.41) is 18.8. The molecule has 0 saturated carbocycles. The van der Waals surface area contributed by atoms with Gasteiger partial charge in [0.15, 0.2) is 5.79 Å². The number of carbonyl (C=O) groups is 1. The maximum atomic E-state index is 14.1. The van der Waals surface area contributed by atoms with E-state index in [1.807, 2.05) is 39.2 Å². The number of aliphatic hydroxyl groups is 1. The number of nitrogens with zero attached hydrogens (tertiary/aromatic N) is 2. The molecule has 1 N–H and O–H groups in total. The first-order chi connectivity index (χ1) is 19.9. The Kier molecular flexibility index (Phi) is 9.19. The van der Waals surface area contributed by atoms with Gasteiger partial charge in [-0.3, -0.25) is 4.79 Å². The maximum absolute atomic E-state index is 14.1. The molecule has 0 radical (unpaired) electrons. The zero-order valence-corrected chi connectivity index (χ0v) is 26.5. The molecule has 3 fully saturated rings. The van der Waals surface area contributed by atoms with Gasteiger partial charge in [-0.2, -0.15) is 5.10 Å². The molecule has 8 nitrogen and oxygen atoms in total. The van der Waals surface area contributed by atoms with Gasteiger partial charge in [-0.05, 0) is 62.5 Å². The van der Waals surface area contributed by atoms with E-state index in [4.69, 9.17) is 18.9 Å². The summed E-state index contributed by atoms with van der Waals surface area (Å²) in [6.45, 7) is 10.9. The number of esters is 1. The Morgan fingerprint density at radius 1 is 1.17 bits per heavy atom. The Hall–Kier alpha value is -2.26. The van der Waals surface area contributed by atoms with E-state index in [0.717, 1.165) is 37.7 Å². The third-order valence-electron chi connectivity index (χ3n) is 9.65. The second-order valence-corrected chi connectivity index (χ2v) is 13.5. The van der Waals surface area contributed by atoms with Gasteiger partial charge in [0.1, 0.15) is 23.7 Å². The first-order valence-electron chi connectivity index (χ1n) is 15.8. The second kappa shape index (κ2) is 12.4. The van der Waals surface area contributed by atoms with E-state index in [0.29, 0.717) is 36.0 Å². The molecular weight excluding hydrogens is 532 g/mol. The minimum Gasteiger partial charge on any atom is -0.462 e. The Bertz CT molecular complexity index is 1190. The smallest absolute Gasteiger partial charge is 0.316 e. The van der Waals surface area contributed by atoms with Crippen molar-refractivity contribution in [3.8, 4) is 0 Å². The number of ether oxygens (including phenoxy) is 4. The van der Waals surface area contributed by atoms with Crippen molar-refractivity contribution in [3.63, 3.8) is 0 Å². The van der Waals surface area contributed by atoms with E-state index >= 15 is 0 Å². The molecular formula is C34H50N2O6. The molecule has 0 aromatic heterocycles. The number of rotatable bonds is 2. The molecule has 3 saturated heterocycles. The lowest BCUT2D eigenvalue weighted by Gasteiger charge is -2.49. The van der Waals surface area contributed by atoms with Crippen LogP contribution in [0.4, 0.5) is 0 Å². The predicted molar refractivity (Wildman–Crippen MR) is 163 cm³/mol. The van der Waals surface area contributed by atoms with Gasteiger partial charge < -0.3 is 29.1 Å². The highest BCUT2D eigenvalue weighted by molar-refractivity contribution is 6.07. The van der Waals surface area contributed by atoms with Crippen molar-refractivity contribution in [1.29, 1.82) is 0 Å². The molecule has 9 atom stereocenters. The number of carbonyl (C=O) groups excluding carboxylic acids is 1. The van der Waals surface area contributed by atoms with E-state index in [9.17, 15) is 9.90 Å². The summed E-state index contributed by atoms with van der Waals surface area (Å²) >= 11 is 0. The van der Waals surface area contributed by atoms with Crippen LogP contribution in [0.3, 0.4) is 0 Å². The van der Waals surface area contributed by atoms with Crippen LogP contribution in [-0.4, -0.2) is 78.3 Å². The van der Waals surface area contributed by atoms with Crippen molar-refractivity contribution in [3.05, 3.63) is 47.1 Å². The lowest BCUT2D eigenvalue weighted by Crippen LogP contribution is -2.57. The first-order valence-corrected chi connectivity index (χ1v) is 15.8. The van der Waals surface area contributed by atoms with Crippen molar-refractivity contribution in [2.24, 2.45) is 22.9 Å². The number of allylic oxidation sites excluding steroid dienone is 4. The fourth-order valence-corrected chi connectivity index (χ4v) is 7.44. The summed E-state index contributed by atoms with van der Waals surface area (Å²) in [5.74, 6) is -1.38. The van der Waals surface area contributed by atoms with Crippen molar-refractivity contribution in [2.45, 2.75) is 115 Å². The van der Waals surface area contributed by atoms with E-state index in [2.05, 4.69) is 44.9 Å². The summed E-state index contributed by atoms with van der Waals surface area (Å²) in [5.41, 5.74) is 1.79. The third-order valence-corrected chi connectivity index (χ3v) is 9.65. The van der Waals surface area contributed by atoms with E-state index in [1.165, 1.54) is 5.57 Å². The average molecular weight is 583 g/mol. The highest BCUT2D eigenvalue weighted by atomic mass is 16.7. The molecule has 0 unspecified atom stereocenters. The molecule has 5 rings (SSSR count). The first kappa shape index (κ1) is 31.2. The lowest BCUT2D eigenvalue weighted by molar-refractivity contribution is -0.335. The maximum Gasteiger partial charge on any atom is 0.316 e. The average Bonchev–Trinajstić information content (AvgIpc) is 3.26. The Morgan fingerprint density at radius 2 is 1.95 bits per heavy atom. The van der Waals surface area contributed by atoms with Crippen LogP contribution in [-0.2, 0) is 23.7 Å². The molecule has 1 spiro atoms. The van der Waals surface area contributed by atoms with Crippen LogP contribution in [0.5, 0.6) is 0 Å². The topological polar surface area (TPSA) is 89.8 Å². The van der Waals surface area contributed by atoms with Crippen molar-refractivity contribution in [2.75, 3.05) is 20.7 Å². The lowest BCUT2D eigenvalue weighted by atomic mass is 9.71. The highest BCUT2D eigenvalue weighted by Crippen LogP contribution is 2.46. The van der Waals surface area contributed by atoms with Crippen molar-refractivity contribution < 1.29 is 28.8 Å². The SMILES string of the molecule is CC[C@H]1O[C@]2(CC[C@@H]1C)C[C@@H]1C[C@@H](C/C=C(\C)C[C@@H](C)/C=C/C=C3\CO[C@@H]4/C(=N\N(C)C)C(C)=C[C@@H](C(=O)O1)[C@]34O)O2. The quantitative estimate of drug-likeness (QED) is 0.262. The van der Waals surface area contributed by atoms with Gasteiger partial charge in [0, 0.05) is 33.4 Å². The molecule has 0 aromatic carbocycles. The molecule has 42 heavy (non-hydrogen) atoms. The summed E-state index contributed by atoms with van der Waals surface area (Å²) < 4.78 is 25.9. The molecule has 4 heterocycles. The minimum absolute atomic E-state index is 0.111. The number of hydrogen-bond donors (Lipinski definition) is 1. The van der Waals surface area contributed by atoms with Crippen molar-refractivity contribution in [1.82, 2.24) is 5.01 Å². The van der Waals surface area contributed by atoms with Crippen LogP contribution < -0.4 is 0 Å². The zero-order chi connectivity index (χ0) is 30.2. The Balaban J connectivity index is 1.54. The number of fused-ring (bicyclic) bond motifs is 2. The van der Waals surface area contributed by atoms with Crippen LogP contribution in [0, 0.1) is 17.8 Å². The predicted octanol–water partition coefficient (Wildman–Crippen LogP) is 5.48. The van der Waals surface area contributed by atoms with Crippen LogP contribution in [0.25, 0.3) is 0 Å². The minimum atomic E-state index is -1.60. The molecule has 1 aliphatic carbocycles. The van der Waals surface area contributed by atoms with Crippen LogP contribution in [0.15, 0.2) is 52.2 Å². The standard InChI is InChI=1S/C34H50N2O6/c1-8-29-23(4)14-15-33(42-29)19-27-18-26(41-33)13-12-22(3)16-21(2)10-9-11-25-20-39-31-30(35-36(6)7)24(5)17-28(32(37)40-27)34(25,31)38/h9-12,17,21,23,26-29,31,38H,8,13-16,18-20H2,1-7H3/b10-9+,22-12+,25-11+,35-30-/t21-,23-,26+,27-,28-,29+,31+,33+,34+/m0/s1. The van der Waals surface area contributed by atoms with Gasteiger partial charge >= 0.3 is 5.97 Å². The summed E-state index contributed by atoms with van der Waals surface area (Å²) in [6, 6.07) is 0. The van der Waals surface area contributed by atoms with Crippen LogP contribution >= 0.6 is 0 Å². The largest absolute Gasteiger partial charge is 0.462 e. The number of hydrogen-bond acceptors (Lipinski definition) is 8. The van der Waals surface area contributed by atoms with Gasteiger partial charge in [0.25, 0.3) is 0 Å². The monoisotopic (exact) mass is 582 g/mol. The molecule has 232 valence electrons.